The Morgan fingerprint density at radius 1 is 1.18 bits per heavy atom. The second-order valence-electron chi connectivity index (χ2n) is 8.23. The summed E-state index contributed by atoms with van der Waals surface area (Å²) in [5.74, 6) is 0.677. The van der Waals surface area contributed by atoms with E-state index in [0.717, 1.165) is 29.4 Å². The van der Waals surface area contributed by atoms with Gasteiger partial charge in [0.2, 0.25) is 17.7 Å². The second kappa shape index (κ2) is 9.56. The third-order valence-corrected chi connectivity index (χ3v) is 5.93. The summed E-state index contributed by atoms with van der Waals surface area (Å²) in [7, 11) is 0. The quantitative estimate of drug-likeness (QED) is 0.358. The van der Waals surface area contributed by atoms with Crippen molar-refractivity contribution in [2.24, 2.45) is 11.7 Å². The summed E-state index contributed by atoms with van der Waals surface area (Å²) in [5, 5.41) is 12.7. The third kappa shape index (κ3) is 4.60. The maximum Gasteiger partial charge on any atom is 0.225 e. The lowest BCUT2D eigenvalue weighted by Gasteiger charge is -2.12. The number of nitrogens with two attached hydrogens (primary N) is 1. The zero-order valence-electron chi connectivity index (χ0n) is 18.8. The molecule has 1 fully saturated rings. The summed E-state index contributed by atoms with van der Waals surface area (Å²) in [6.07, 6.45) is 3.95. The van der Waals surface area contributed by atoms with Gasteiger partial charge in [0, 0.05) is 30.0 Å². The van der Waals surface area contributed by atoms with Gasteiger partial charge in [-0.05, 0) is 50.5 Å². The van der Waals surface area contributed by atoms with Gasteiger partial charge in [-0.15, -0.1) is 5.10 Å². The molecule has 1 aliphatic rings. The molecule has 2 atom stereocenters. The van der Waals surface area contributed by atoms with E-state index in [1.54, 1.807) is 10.9 Å². The topological polar surface area (TPSA) is 143 Å². The van der Waals surface area contributed by atoms with E-state index in [2.05, 4.69) is 30.6 Å². The Labute approximate surface area is 195 Å². The molecule has 1 saturated carbocycles. The molecule has 5 rings (SSSR count). The first kappa shape index (κ1) is 22.0. The Balaban J connectivity index is 1.36. The molecule has 34 heavy (non-hydrogen) atoms. The number of carbonyl (C=O) groups is 1. The smallest absolute Gasteiger partial charge is 0.225 e. The molecule has 11 heteroatoms. The van der Waals surface area contributed by atoms with E-state index in [-0.39, 0.29) is 17.9 Å². The largest absolute Gasteiger partial charge is 0.475 e. The molecule has 3 heterocycles. The van der Waals surface area contributed by atoms with E-state index in [1.165, 1.54) is 0 Å². The van der Waals surface area contributed by atoms with E-state index >= 15 is 0 Å². The van der Waals surface area contributed by atoms with Crippen LogP contribution >= 0.6 is 0 Å². The summed E-state index contributed by atoms with van der Waals surface area (Å²) in [6.45, 7) is 3.59. The molecule has 11 nitrogen and oxygen atoms in total. The van der Waals surface area contributed by atoms with Gasteiger partial charge < -0.3 is 20.5 Å². The van der Waals surface area contributed by atoms with Gasteiger partial charge in [-0.2, -0.15) is 9.67 Å². The maximum absolute atomic E-state index is 11.5. The van der Waals surface area contributed by atoms with Crippen LogP contribution in [0, 0.1) is 5.92 Å². The number of carbonyl (C=O) groups excluding carboxylic acids is 1. The molecule has 3 aromatic heterocycles. The standard InChI is InChI=1S/C23H26N8O3/c1-2-33-9-10-34-20-8-4-14-12-17(6-7-18(14)27-20)31-22-19(29-30-31)13-25-23(28-22)26-16-5-3-15(11-16)21(24)32/h4,6-8,12-13,15-16H,2-3,5,9-11H2,1H3,(H2,24,32)(H,25,26,28)/t15-,16-/m1/s1. The molecule has 0 bridgehead atoms. The zero-order valence-corrected chi connectivity index (χ0v) is 18.8. The van der Waals surface area contributed by atoms with E-state index in [1.807, 2.05) is 37.3 Å². The Hall–Kier alpha value is -3.86. The highest BCUT2D eigenvalue weighted by Crippen LogP contribution is 2.27. The van der Waals surface area contributed by atoms with Crippen LogP contribution in [0.25, 0.3) is 27.8 Å². The molecule has 3 N–H and O–H groups in total. The van der Waals surface area contributed by atoms with Crippen LogP contribution in [0.15, 0.2) is 36.5 Å². The predicted octanol–water partition coefficient (Wildman–Crippen LogP) is 2.24. The average molecular weight is 463 g/mol. The lowest BCUT2D eigenvalue weighted by atomic mass is 10.1. The van der Waals surface area contributed by atoms with E-state index in [0.29, 0.717) is 49.2 Å². The van der Waals surface area contributed by atoms with Crippen molar-refractivity contribution in [1.29, 1.82) is 0 Å². The first-order valence-corrected chi connectivity index (χ1v) is 11.4. The van der Waals surface area contributed by atoms with Gasteiger partial charge in [-0.3, -0.25) is 4.79 Å². The second-order valence-corrected chi connectivity index (χ2v) is 8.23. The van der Waals surface area contributed by atoms with Crippen LogP contribution in [0.5, 0.6) is 5.88 Å². The molecule has 1 aliphatic carbocycles. The number of fused-ring (bicyclic) bond motifs is 2. The summed E-state index contributed by atoms with van der Waals surface area (Å²) in [5.41, 5.74) is 8.23. The van der Waals surface area contributed by atoms with Crippen LogP contribution < -0.4 is 15.8 Å². The Morgan fingerprint density at radius 3 is 2.91 bits per heavy atom. The number of amides is 1. The first-order chi connectivity index (χ1) is 16.6. The van der Waals surface area contributed by atoms with Crippen molar-refractivity contribution in [2.75, 3.05) is 25.1 Å². The van der Waals surface area contributed by atoms with Crippen molar-refractivity contribution in [2.45, 2.75) is 32.2 Å². The van der Waals surface area contributed by atoms with Crippen molar-refractivity contribution >= 4 is 33.9 Å². The fourth-order valence-corrected chi connectivity index (χ4v) is 4.18. The van der Waals surface area contributed by atoms with Crippen LogP contribution in [0.1, 0.15) is 26.2 Å². The van der Waals surface area contributed by atoms with Gasteiger partial charge in [-0.1, -0.05) is 5.21 Å². The Kier molecular flexibility index (Phi) is 6.17. The summed E-state index contributed by atoms with van der Waals surface area (Å²) < 4.78 is 12.6. The fraction of sp³-hybridized carbons (Fsp3) is 0.391. The highest BCUT2D eigenvalue weighted by Gasteiger charge is 2.28. The molecule has 1 amide bonds. The number of hydrogen-bond acceptors (Lipinski definition) is 9. The lowest BCUT2D eigenvalue weighted by molar-refractivity contribution is -0.121. The number of pyridine rings is 1. The number of nitrogens with zero attached hydrogens (tertiary/aromatic N) is 6. The highest BCUT2D eigenvalue weighted by atomic mass is 16.5. The molecular weight excluding hydrogens is 436 g/mol. The number of anilines is 1. The Bertz CT molecular complexity index is 1320. The minimum atomic E-state index is -0.252. The van der Waals surface area contributed by atoms with Gasteiger partial charge in [0.15, 0.2) is 11.2 Å². The van der Waals surface area contributed by atoms with E-state index in [4.69, 9.17) is 15.2 Å². The number of ether oxygens (including phenoxy) is 2. The van der Waals surface area contributed by atoms with Gasteiger partial charge >= 0.3 is 0 Å². The van der Waals surface area contributed by atoms with Crippen LogP contribution in [0.3, 0.4) is 0 Å². The van der Waals surface area contributed by atoms with Crippen molar-refractivity contribution in [1.82, 2.24) is 29.9 Å². The normalized spacial score (nSPS) is 17.9. The minimum Gasteiger partial charge on any atom is -0.475 e. The van der Waals surface area contributed by atoms with E-state index in [9.17, 15) is 4.79 Å². The number of benzene rings is 1. The molecule has 0 spiro atoms. The van der Waals surface area contributed by atoms with Gasteiger partial charge in [-0.25, -0.2) is 9.97 Å². The lowest BCUT2D eigenvalue weighted by Crippen LogP contribution is -2.23. The molecule has 176 valence electrons. The SMILES string of the molecule is CCOCCOc1ccc2cc(-n3nnc4cnc(N[C@@H]5CC[C@@H](C(N)=O)C5)nc43)ccc2n1. The zero-order chi connectivity index (χ0) is 23.5. The highest BCUT2D eigenvalue weighted by molar-refractivity contribution is 5.82. The van der Waals surface area contributed by atoms with Crippen LogP contribution in [0.2, 0.25) is 0 Å². The molecule has 1 aromatic carbocycles. The van der Waals surface area contributed by atoms with Crippen LogP contribution in [-0.4, -0.2) is 61.7 Å². The number of rotatable bonds is 9. The fourth-order valence-electron chi connectivity index (χ4n) is 4.18. The average Bonchev–Trinajstić information content (AvgIpc) is 3.49. The van der Waals surface area contributed by atoms with Crippen molar-refractivity contribution in [3.63, 3.8) is 0 Å². The monoisotopic (exact) mass is 462 g/mol. The molecule has 0 saturated heterocycles. The molecule has 0 aliphatic heterocycles. The maximum atomic E-state index is 11.5. The van der Waals surface area contributed by atoms with Crippen molar-refractivity contribution in [3.05, 3.63) is 36.5 Å². The van der Waals surface area contributed by atoms with Gasteiger partial charge in [0.25, 0.3) is 0 Å². The number of hydrogen-bond donors (Lipinski definition) is 2. The summed E-state index contributed by atoms with van der Waals surface area (Å²) >= 11 is 0. The van der Waals surface area contributed by atoms with Crippen molar-refractivity contribution in [3.8, 4) is 11.6 Å². The Morgan fingerprint density at radius 2 is 2.09 bits per heavy atom. The van der Waals surface area contributed by atoms with Crippen molar-refractivity contribution < 1.29 is 14.3 Å². The van der Waals surface area contributed by atoms with Gasteiger partial charge in [0.05, 0.1) is 24.0 Å². The number of aromatic nitrogens is 6. The molecule has 4 aromatic rings. The number of nitrogens with one attached hydrogen (secondary N) is 1. The van der Waals surface area contributed by atoms with Gasteiger partial charge in [0.1, 0.15) is 6.61 Å². The number of primary amides is 1. The van der Waals surface area contributed by atoms with Crippen LogP contribution in [0.4, 0.5) is 5.95 Å². The van der Waals surface area contributed by atoms with E-state index < -0.39 is 0 Å². The molecular formula is C23H26N8O3. The predicted molar refractivity (Wildman–Crippen MR) is 126 cm³/mol. The summed E-state index contributed by atoms with van der Waals surface area (Å²) in [6, 6.07) is 9.70. The molecule has 0 radical (unpaired) electrons. The minimum absolute atomic E-state index is 0.102. The van der Waals surface area contributed by atoms with Crippen LogP contribution in [-0.2, 0) is 9.53 Å². The third-order valence-electron chi connectivity index (χ3n) is 5.93. The summed E-state index contributed by atoms with van der Waals surface area (Å²) in [4.78, 5) is 25.0. The first-order valence-electron chi connectivity index (χ1n) is 11.4. The molecule has 0 unspecified atom stereocenters.